The number of halogens is 1. The number of benzene rings is 1. The third-order valence-corrected chi connectivity index (χ3v) is 2.05. The zero-order chi connectivity index (χ0) is 10.4. The zero-order valence-electron chi connectivity index (χ0n) is 8.03. The van der Waals surface area contributed by atoms with Crippen LogP contribution in [0.1, 0.15) is 11.1 Å². The largest absolute Gasteiger partial charge is 0.489 e. The highest BCUT2D eigenvalue weighted by Crippen LogP contribution is 2.23. The van der Waals surface area contributed by atoms with E-state index in [1.54, 1.807) is 6.08 Å². The Morgan fingerprint density at radius 3 is 2.93 bits per heavy atom. The molecule has 76 valence electrons. The zero-order valence-corrected chi connectivity index (χ0v) is 8.79. The van der Waals surface area contributed by atoms with E-state index in [1.165, 1.54) is 5.54 Å². The van der Waals surface area contributed by atoms with E-state index >= 15 is 0 Å². The maximum Gasteiger partial charge on any atom is 0.128 e. The molecule has 0 atom stereocenters. The second-order valence-corrected chi connectivity index (χ2v) is 3.15. The summed E-state index contributed by atoms with van der Waals surface area (Å²) in [6.45, 7) is 2.35. The summed E-state index contributed by atoms with van der Waals surface area (Å²) in [7, 11) is 0. The van der Waals surface area contributed by atoms with Crippen molar-refractivity contribution in [3.8, 4) is 5.75 Å². The summed E-state index contributed by atoms with van der Waals surface area (Å²) in [5.41, 5.74) is 3.23. The van der Waals surface area contributed by atoms with Crippen LogP contribution >= 0.6 is 11.6 Å². The molecule has 0 amide bonds. The average molecular weight is 213 g/mol. The van der Waals surface area contributed by atoms with Crippen LogP contribution in [0.25, 0.3) is 0 Å². The van der Waals surface area contributed by atoms with Crippen LogP contribution in [0.5, 0.6) is 5.75 Å². The number of aliphatic hydroxyl groups is 1. The first-order chi connectivity index (χ1) is 6.79. The van der Waals surface area contributed by atoms with Gasteiger partial charge in [0.05, 0.1) is 6.61 Å². The predicted molar refractivity (Wildman–Crippen MR) is 57.6 cm³/mol. The molecule has 0 radical (unpaired) electrons. The molecule has 1 rings (SSSR count). The summed E-state index contributed by atoms with van der Waals surface area (Å²) < 4.78 is 5.47. The number of para-hydroxylation sites is 1. The number of ether oxygens (including phenoxy) is 1. The average Bonchev–Trinajstić information content (AvgIpc) is 2.20. The Bertz CT molecular complexity index is 321. The van der Waals surface area contributed by atoms with Gasteiger partial charge in [-0.05, 0) is 18.6 Å². The summed E-state index contributed by atoms with van der Waals surface area (Å²) in [4.78, 5) is 0. The molecule has 0 saturated heterocycles. The molecule has 0 heterocycles. The molecule has 0 aromatic heterocycles. The van der Waals surface area contributed by atoms with Gasteiger partial charge in [-0.1, -0.05) is 29.8 Å². The van der Waals surface area contributed by atoms with Crippen molar-refractivity contribution in [2.24, 2.45) is 0 Å². The minimum atomic E-state index is -0.0123. The molecule has 3 heteroatoms. The van der Waals surface area contributed by atoms with Gasteiger partial charge in [0.1, 0.15) is 12.4 Å². The van der Waals surface area contributed by atoms with Gasteiger partial charge in [0.15, 0.2) is 0 Å². The minimum absolute atomic E-state index is 0.0123. The third kappa shape index (κ3) is 2.76. The van der Waals surface area contributed by atoms with Gasteiger partial charge in [-0.25, -0.2) is 0 Å². The van der Waals surface area contributed by atoms with Crippen LogP contribution in [-0.4, -0.2) is 11.7 Å². The summed E-state index contributed by atoms with van der Waals surface area (Å²) in [6.07, 6.45) is 1.70. The lowest BCUT2D eigenvalue weighted by molar-refractivity contribution is 0.269. The molecule has 0 bridgehead atoms. The lowest BCUT2D eigenvalue weighted by Gasteiger charge is -2.10. The van der Waals surface area contributed by atoms with Crippen molar-refractivity contribution < 1.29 is 9.84 Å². The van der Waals surface area contributed by atoms with E-state index < -0.39 is 0 Å². The van der Waals surface area contributed by atoms with Gasteiger partial charge >= 0.3 is 0 Å². The van der Waals surface area contributed by atoms with E-state index in [4.69, 9.17) is 21.4 Å². The number of aryl methyl sites for hydroxylation is 1. The summed E-state index contributed by atoms with van der Waals surface area (Å²) in [5, 5.41) is 9.08. The van der Waals surface area contributed by atoms with E-state index in [-0.39, 0.29) is 6.61 Å². The van der Waals surface area contributed by atoms with Crippen LogP contribution < -0.4 is 4.74 Å². The third-order valence-electron chi connectivity index (χ3n) is 1.88. The fraction of sp³-hybridized carbons (Fsp3) is 0.273. The molecular weight excluding hydrogens is 200 g/mol. The van der Waals surface area contributed by atoms with Crippen molar-refractivity contribution in [1.82, 2.24) is 0 Å². The molecule has 0 aliphatic carbocycles. The Kier molecular flexibility index (Phi) is 4.50. The topological polar surface area (TPSA) is 29.5 Å². The summed E-state index contributed by atoms with van der Waals surface area (Å²) in [6, 6.07) is 5.68. The van der Waals surface area contributed by atoms with Crippen LogP contribution in [0.15, 0.2) is 29.8 Å². The van der Waals surface area contributed by atoms with Gasteiger partial charge < -0.3 is 9.84 Å². The van der Waals surface area contributed by atoms with Gasteiger partial charge in [0.25, 0.3) is 0 Å². The maximum absolute atomic E-state index is 9.08. The first-order valence-corrected chi connectivity index (χ1v) is 4.80. The molecular formula is C11H13ClO2. The van der Waals surface area contributed by atoms with Gasteiger partial charge in [0, 0.05) is 11.1 Å². The number of hydrogen-bond acceptors (Lipinski definition) is 2. The molecule has 1 aromatic rings. The Labute approximate surface area is 88.8 Å². The van der Waals surface area contributed by atoms with E-state index in [2.05, 4.69) is 0 Å². The van der Waals surface area contributed by atoms with Gasteiger partial charge in [-0.15, -0.1) is 0 Å². The minimum Gasteiger partial charge on any atom is -0.489 e. The van der Waals surface area contributed by atoms with Gasteiger partial charge in [0.2, 0.25) is 0 Å². The Hall–Kier alpha value is -0.990. The van der Waals surface area contributed by atoms with Crippen LogP contribution in [0.3, 0.4) is 0 Å². The van der Waals surface area contributed by atoms with Gasteiger partial charge in [-0.3, -0.25) is 0 Å². The molecule has 2 nitrogen and oxygen atoms in total. The molecule has 0 fully saturated rings. The van der Waals surface area contributed by atoms with Crippen molar-refractivity contribution in [1.29, 1.82) is 0 Å². The molecule has 1 aromatic carbocycles. The molecule has 0 saturated carbocycles. The summed E-state index contributed by atoms with van der Waals surface area (Å²) in [5.74, 6) is 0.741. The monoisotopic (exact) mass is 212 g/mol. The molecule has 1 N–H and O–H groups in total. The maximum atomic E-state index is 9.08. The highest BCUT2D eigenvalue weighted by Gasteiger charge is 2.04. The Morgan fingerprint density at radius 1 is 1.50 bits per heavy atom. The van der Waals surface area contributed by atoms with E-state index in [1.807, 2.05) is 25.1 Å². The molecule has 14 heavy (non-hydrogen) atoms. The predicted octanol–water partition coefficient (Wildman–Crippen LogP) is 2.62. The molecule has 0 spiro atoms. The fourth-order valence-electron chi connectivity index (χ4n) is 1.21. The highest BCUT2D eigenvalue weighted by atomic mass is 35.5. The molecule has 0 aliphatic rings. The first kappa shape index (κ1) is 11.1. The molecule has 0 aliphatic heterocycles. The standard InChI is InChI=1S/C11H13ClO2/c1-9-4-2-5-10(8-13)11(9)14-7-3-6-12/h2-6,13H,7-8H2,1H3/b6-3+. The van der Waals surface area contributed by atoms with Crippen molar-refractivity contribution in [3.63, 3.8) is 0 Å². The lowest BCUT2D eigenvalue weighted by atomic mass is 10.1. The van der Waals surface area contributed by atoms with Gasteiger partial charge in [-0.2, -0.15) is 0 Å². The van der Waals surface area contributed by atoms with Crippen LogP contribution in [-0.2, 0) is 6.61 Å². The molecule has 0 unspecified atom stereocenters. The second-order valence-electron chi connectivity index (χ2n) is 2.89. The van der Waals surface area contributed by atoms with Crippen molar-refractivity contribution in [3.05, 3.63) is 40.9 Å². The fourth-order valence-corrected chi connectivity index (χ4v) is 1.28. The summed E-state index contributed by atoms with van der Waals surface area (Å²) >= 11 is 5.37. The van der Waals surface area contributed by atoms with E-state index in [9.17, 15) is 0 Å². The van der Waals surface area contributed by atoms with E-state index in [0.29, 0.717) is 6.61 Å². The first-order valence-electron chi connectivity index (χ1n) is 4.37. The van der Waals surface area contributed by atoms with Crippen molar-refractivity contribution in [2.75, 3.05) is 6.61 Å². The quantitative estimate of drug-likeness (QED) is 0.832. The van der Waals surface area contributed by atoms with E-state index in [0.717, 1.165) is 16.9 Å². The van der Waals surface area contributed by atoms with Crippen LogP contribution in [0.4, 0.5) is 0 Å². The smallest absolute Gasteiger partial charge is 0.128 e. The Morgan fingerprint density at radius 2 is 2.29 bits per heavy atom. The Balaban J connectivity index is 2.82. The number of hydrogen-bond donors (Lipinski definition) is 1. The normalized spacial score (nSPS) is 10.8. The second kappa shape index (κ2) is 5.68. The SMILES string of the molecule is Cc1cccc(CO)c1OC/C=C/Cl. The van der Waals surface area contributed by atoms with Crippen LogP contribution in [0, 0.1) is 6.92 Å². The number of aliphatic hydroxyl groups excluding tert-OH is 1. The highest BCUT2D eigenvalue weighted by molar-refractivity contribution is 6.25. The van der Waals surface area contributed by atoms with Crippen molar-refractivity contribution in [2.45, 2.75) is 13.5 Å². The van der Waals surface area contributed by atoms with Crippen molar-refractivity contribution >= 4 is 11.6 Å². The lowest BCUT2D eigenvalue weighted by Crippen LogP contribution is -1.99. The number of rotatable bonds is 4. The van der Waals surface area contributed by atoms with Crippen LogP contribution in [0.2, 0.25) is 0 Å².